The van der Waals surface area contributed by atoms with Gasteiger partial charge >= 0.3 is 0 Å². The standard InChI is InChI=1S/C34H36O5S/c40-34-33(38-24-29-19-11-4-12-20-29)32(37-23-28-17-9-3-10-18-28)31(36-22-27-15-7-2-8-16-27)30(39-34)25-35-21-26-13-5-1-6-14-26/h1-20,30-34,40H,21-25H2/t30-,31+,32+,33-,34-/m1/s1. The fourth-order valence-electron chi connectivity index (χ4n) is 4.77. The normalized spacial score (nSPS) is 22.7. The predicted molar refractivity (Wildman–Crippen MR) is 159 cm³/mol. The van der Waals surface area contributed by atoms with Gasteiger partial charge in [0.25, 0.3) is 0 Å². The van der Waals surface area contributed by atoms with Crippen molar-refractivity contribution in [3.63, 3.8) is 0 Å². The number of rotatable bonds is 13. The molecule has 1 heterocycles. The Hall–Kier alpha value is -2.97. The second-order valence-electron chi connectivity index (χ2n) is 9.85. The molecule has 1 aliphatic heterocycles. The number of thiol groups is 1. The van der Waals surface area contributed by atoms with Crippen molar-refractivity contribution in [1.29, 1.82) is 0 Å². The van der Waals surface area contributed by atoms with Gasteiger partial charge in [0.05, 0.1) is 33.0 Å². The summed E-state index contributed by atoms with van der Waals surface area (Å²) in [6.07, 6.45) is -1.73. The van der Waals surface area contributed by atoms with Crippen molar-refractivity contribution >= 4 is 12.6 Å². The topological polar surface area (TPSA) is 46.2 Å². The fourth-order valence-corrected chi connectivity index (χ4v) is 5.18. The molecule has 6 heteroatoms. The average Bonchev–Trinajstić information content (AvgIpc) is 3.01. The molecule has 0 N–H and O–H groups in total. The van der Waals surface area contributed by atoms with Crippen LogP contribution in [0.4, 0.5) is 0 Å². The molecule has 4 aromatic rings. The van der Waals surface area contributed by atoms with E-state index in [-0.39, 0.29) is 0 Å². The maximum absolute atomic E-state index is 6.60. The summed E-state index contributed by atoms with van der Waals surface area (Å²) in [6.45, 7) is 2.06. The minimum Gasteiger partial charge on any atom is -0.374 e. The first-order valence-electron chi connectivity index (χ1n) is 13.7. The zero-order valence-corrected chi connectivity index (χ0v) is 23.4. The monoisotopic (exact) mass is 556 g/mol. The Morgan fingerprint density at radius 1 is 0.475 bits per heavy atom. The van der Waals surface area contributed by atoms with E-state index in [1.807, 2.05) is 97.1 Å². The summed E-state index contributed by atoms with van der Waals surface area (Å²) < 4.78 is 32.2. The van der Waals surface area contributed by atoms with E-state index in [0.29, 0.717) is 33.0 Å². The van der Waals surface area contributed by atoms with Gasteiger partial charge in [-0.15, -0.1) is 12.6 Å². The van der Waals surface area contributed by atoms with Crippen molar-refractivity contribution in [2.75, 3.05) is 6.61 Å². The summed E-state index contributed by atoms with van der Waals surface area (Å²) in [6, 6.07) is 40.4. The highest BCUT2D eigenvalue weighted by molar-refractivity contribution is 7.80. The van der Waals surface area contributed by atoms with Gasteiger partial charge in [0.15, 0.2) is 0 Å². The lowest BCUT2D eigenvalue weighted by Gasteiger charge is -2.45. The van der Waals surface area contributed by atoms with E-state index < -0.39 is 29.9 Å². The Labute approximate surface area is 242 Å². The number of hydrogen-bond acceptors (Lipinski definition) is 6. The van der Waals surface area contributed by atoms with Crippen molar-refractivity contribution in [2.45, 2.75) is 56.3 Å². The lowest BCUT2D eigenvalue weighted by atomic mass is 9.98. The van der Waals surface area contributed by atoms with Gasteiger partial charge in [0, 0.05) is 0 Å². The van der Waals surface area contributed by atoms with Crippen LogP contribution in [0.2, 0.25) is 0 Å². The molecule has 1 fully saturated rings. The van der Waals surface area contributed by atoms with Gasteiger partial charge in [-0.3, -0.25) is 0 Å². The van der Waals surface area contributed by atoms with Crippen LogP contribution in [0.3, 0.4) is 0 Å². The highest BCUT2D eigenvalue weighted by Gasteiger charge is 2.47. The van der Waals surface area contributed by atoms with Crippen molar-refractivity contribution in [2.24, 2.45) is 0 Å². The second kappa shape index (κ2) is 15.1. The molecule has 0 aromatic heterocycles. The molecule has 1 aliphatic rings. The van der Waals surface area contributed by atoms with Gasteiger partial charge in [-0.2, -0.15) is 0 Å². The smallest absolute Gasteiger partial charge is 0.129 e. The third-order valence-electron chi connectivity index (χ3n) is 6.86. The first-order valence-corrected chi connectivity index (χ1v) is 14.2. The van der Waals surface area contributed by atoms with Crippen LogP contribution >= 0.6 is 12.6 Å². The molecule has 40 heavy (non-hydrogen) atoms. The van der Waals surface area contributed by atoms with E-state index in [2.05, 4.69) is 24.3 Å². The van der Waals surface area contributed by atoms with E-state index in [4.69, 9.17) is 36.3 Å². The summed E-state index contributed by atoms with van der Waals surface area (Å²) in [5, 5.41) is 0. The Bertz CT molecular complexity index is 1240. The third-order valence-corrected chi connectivity index (χ3v) is 7.27. The molecule has 1 saturated heterocycles. The molecular weight excluding hydrogens is 520 g/mol. The van der Waals surface area contributed by atoms with Crippen LogP contribution in [0.5, 0.6) is 0 Å². The van der Waals surface area contributed by atoms with E-state index in [9.17, 15) is 0 Å². The van der Waals surface area contributed by atoms with Crippen LogP contribution in [0.25, 0.3) is 0 Å². The van der Waals surface area contributed by atoms with Crippen LogP contribution in [0.15, 0.2) is 121 Å². The minimum absolute atomic E-state index is 0.335. The van der Waals surface area contributed by atoms with Crippen LogP contribution in [0, 0.1) is 0 Å². The first-order chi connectivity index (χ1) is 19.8. The van der Waals surface area contributed by atoms with Gasteiger partial charge in [-0.25, -0.2) is 0 Å². The molecule has 5 atom stereocenters. The zero-order valence-electron chi connectivity index (χ0n) is 22.5. The van der Waals surface area contributed by atoms with Crippen LogP contribution in [0.1, 0.15) is 22.3 Å². The van der Waals surface area contributed by atoms with Gasteiger partial charge in [-0.05, 0) is 22.3 Å². The molecule has 0 saturated carbocycles. The Balaban J connectivity index is 1.36. The number of ether oxygens (including phenoxy) is 5. The van der Waals surface area contributed by atoms with E-state index in [1.54, 1.807) is 0 Å². The van der Waals surface area contributed by atoms with Crippen LogP contribution in [-0.2, 0) is 50.1 Å². The largest absolute Gasteiger partial charge is 0.374 e. The summed E-state index contributed by atoms with van der Waals surface area (Å²) >= 11 is 4.83. The minimum atomic E-state index is -0.522. The molecular formula is C34H36O5S. The quantitative estimate of drug-likeness (QED) is 0.188. The van der Waals surface area contributed by atoms with E-state index >= 15 is 0 Å². The summed E-state index contributed by atoms with van der Waals surface area (Å²) in [4.78, 5) is 0. The van der Waals surface area contributed by atoms with E-state index in [0.717, 1.165) is 22.3 Å². The lowest BCUT2D eigenvalue weighted by molar-refractivity contribution is -0.254. The highest BCUT2D eigenvalue weighted by Crippen LogP contribution is 2.32. The molecule has 0 aliphatic carbocycles. The molecule has 5 nitrogen and oxygen atoms in total. The molecule has 0 radical (unpaired) electrons. The lowest BCUT2D eigenvalue weighted by Crippen LogP contribution is -2.59. The molecule has 0 unspecified atom stereocenters. The summed E-state index contributed by atoms with van der Waals surface area (Å²) in [5.74, 6) is 0. The number of hydrogen-bond donors (Lipinski definition) is 1. The van der Waals surface area contributed by atoms with E-state index in [1.165, 1.54) is 0 Å². The van der Waals surface area contributed by atoms with Crippen molar-refractivity contribution in [1.82, 2.24) is 0 Å². The Morgan fingerprint density at radius 3 is 1.30 bits per heavy atom. The average molecular weight is 557 g/mol. The van der Waals surface area contributed by atoms with Crippen molar-refractivity contribution < 1.29 is 23.7 Å². The molecule has 4 aromatic carbocycles. The maximum Gasteiger partial charge on any atom is 0.129 e. The summed E-state index contributed by atoms with van der Waals surface area (Å²) in [5.41, 5.74) is 3.79. The molecule has 208 valence electrons. The van der Waals surface area contributed by atoms with Crippen LogP contribution < -0.4 is 0 Å². The molecule has 5 rings (SSSR count). The molecule has 0 amide bonds. The second-order valence-corrected chi connectivity index (χ2v) is 10.4. The molecule has 0 spiro atoms. The van der Waals surface area contributed by atoms with Crippen LogP contribution in [-0.4, -0.2) is 36.5 Å². The number of benzene rings is 4. The fraction of sp³-hybridized carbons (Fsp3) is 0.294. The third kappa shape index (κ3) is 8.27. The van der Waals surface area contributed by atoms with Gasteiger partial charge < -0.3 is 23.7 Å². The van der Waals surface area contributed by atoms with Crippen molar-refractivity contribution in [3.05, 3.63) is 144 Å². The maximum atomic E-state index is 6.60. The van der Waals surface area contributed by atoms with Crippen molar-refractivity contribution in [3.8, 4) is 0 Å². The first kappa shape index (κ1) is 28.6. The Morgan fingerprint density at radius 2 is 0.850 bits per heavy atom. The Kier molecular flexibility index (Phi) is 10.8. The predicted octanol–water partition coefficient (Wildman–Crippen LogP) is 6.61. The molecule has 0 bridgehead atoms. The summed E-state index contributed by atoms with van der Waals surface area (Å²) in [7, 11) is 0. The van der Waals surface area contributed by atoms with Gasteiger partial charge in [0.2, 0.25) is 0 Å². The zero-order chi connectivity index (χ0) is 27.4. The van der Waals surface area contributed by atoms with Gasteiger partial charge in [-0.1, -0.05) is 121 Å². The SMILES string of the molecule is S[C@H]1O[C@H](COCc2ccccc2)[C@H](OCc2ccccc2)[C@H](OCc2ccccc2)[C@H]1OCc1ccccc1. The highest BCUT2D eigenvalue weighted by atomic mass is 32.1. The van der Waals surface area contributed by atoms with Gasteiger partial charge in [0.1, 0.15) is 29.9 Å².